The van der Waals surface area contributed by atoms with Gasteiger partial charge in [-0.3, -0.25) is 9.59 Å². The van der Waals surface area contributed by atoms with Gasteiger partial charge in [-0.05, 0) is 54.8 Å². The SMILES string of the molecule is Cc1ccc(NC(=O)CCC(=O)N/N=C\c2cccc(Br)c2)cc1C. The summed E-state index contributed by atoms with van der Waals surface area (Å²) in [7, 11) is 0. The number of carbonyl (C=O) groups is 2. The number of aryl methyl sites for hydroxylation is 2. The first-order valence-electron chi connectivity index (χ1n) is 7.88. The van der Waals surface area contributed by atoms with E-state index in [2.05, 4.69) is 31.8 Å². The molecule has 2 rings (SSSR count). The number of hydrogen-bond acceptors (Lipinski definition) is 3. The van der Waals surface area contributed by atoms with Crippen LogP contribution in [0.25, 0.3) is 0 Å². The summed E-state index contributed by atoms with van der Waals surface area (Å²) in [5, 5.41) is 6.68. The van der Waals surface area contributed by atoms with Crippen molar-refractivity contribution in [2.45, 2.75) is 26.7 Å². The predicted molar refractivity (Wildman–Crippen MR) is 104 cm³/mol. The first-order valence-corrected chi connectivity index (χ1v) is 8.68. The van der Waals surface area contributed by atoms with Crippen molar-refractivity contribution in [2.75, 3.05) is 5.32 Å². The number of nitrogens with one attached hydrogen (secondary N) is 2. The standard InChI is InChI=1S/C19H20BrN3O2/c1-13-6-7-17(10-14(13)2)22-18(24)8-9-19(25)23-21-12-15-4-3-5-16(20)11-15/h3-7,10-12H,8-9H2,1-2H3,(H,22,24)(H,23,25)/b21-12-. The topological polar surface area (TPSA) is 70.6 Å². The highest BCUT2D eigenvalue weighted by atomic mass is 79.9. The fourth-order valence-electron chi connectivity index (χ4n) is 2.09. The van der Waals surface area contributed by atoms with Crippen molar-refractivity contribution < 1.29 is 9.59 Å². The highest BCUT2D eigenvalue weighted by Crippen LogP contribution is 2.14. The Labute approximate surface area is 155 Å². The molecule has 0 fully saturated rings. The molecule has 0 heterocycles. The molecule has 0 spiro atoms. The van der Waals surface area contributed by atoms with Crippen LogP contribution in [0.3, 0.4) is 0 Å². The Morgan fingerprint density at radius 2 is 1.80 bits per heavy atom. The molecule has 0 aliphatic carbocycles. The summed E-state index contributed by atoms with van der Waals surface area (Å²) in [6.45, 7) is 4.00. The molecule has 2 N–H and O–H groups in total. The van der Waals surface area contributed by atoms with Gasteiger partial charge in [-0.1, -0.05) is 34.1 Å². The van der Waals surface area contributed by atoms with Crippen LogP contribution < -0.4 is 10.7 Å². The summed E-state index contributed by atoms with van der Waals surface area (Å²) < 4.78 is 0.936. The lowest BCUT2D eigenvalue weighted by molar-refractivity contribution is -0.124. The van der Waals surface area contributed by atoms with Crippen LogP contribution in [0.4, 0.5) is 5.69 Å². The van der Waals surface area contributed by atoms with E-state index in [0.717, 1.165) is 21.3 Å². The molecule has 25 heavy (non-hydrogen) atoms. The normalized spacial score (nSPS) is 10.7. The largest absolute Gasteiger partial charge is 0.326 e. The zero-order valence-corrected chi connectivity index (χ0v) is 15.8. The van der Waals surface area contributed by atoms with Crippen molar-refractivity contribution in [3.63, 3.8) is 0 Å². The third-order valence-corrected chi connectivity index (χ3v) is 4.11. The van der Waals surface area contributed by atoms with Gasteiger partial charge in [-0.2, -0.15) is 5.10 Å². The molecule has 0 aliphatic rings. The molecule has 6 heteroatoms. The highest BCUT2D eigenvalue weighted by Gasteiger charge is 2.07. The van der Waals surface area contributed by atoms with Crippen LogP contribution in [-0.2, 0) is 9.59 Å². The Balaban J connectivity index is 1.75. The Morgan fingerprint density at radius 1 is 1.04 bits per heavy atom. The molecule has 5 nitrogen and oxygen atoms in total. The Hall–Kier alpha value is -2.47. The summed E-state index contributed by atoms with van der Waals surface area (Å²) in [5.41, 5.74) is 6.30. The van der Waals surface area contributed by atoms with Gasteiger partial charge in [0.2, 0.25) is 11.8 Å². The number of nitrogens with zero attached hydrogens (tertiary/aromatic N) is 1. The van der Waals surface area contributed by atoms with E-state index in [1.165, 1.54) is 5.56 Å². The van der Waals surface area contributed by atoms with Crippen LogP contribution in [0.2, 0.25) is 0 Å². The second kappa shape index (κ2) is 9.13. The van der Waals surface area contributed by atoms with Gasteiger partial charge >= 0.3 is 0 Å². The van der Waals surface area contributed by atoms with Crippen LogP contribution >= 0.6 is 15.9 Å². The van der Waals surface area contributed by atoms with Crippen molar-refractivity contribution in [3.8, 4) is 0 Å². The van der Waals surface area contributed by atoms with Gasteiger partial charge in [0, 0.05) is 23.0 Å². The number of hydrogen-bond donors (Lipinski definition) is 2. The van der Waals surface area contributed by atoms with E-state index >= 15 is 0 Å². The number of hydrazone groups is 1. The third kappa shape index (κ3) is 6.51. The fraction of sp³-hybridized carbons (Fsp3) is 0.211. The lowest BCUT2D eigenvalue weighted by atomic mass is 10.1. The Kier molecular flexibility index (Phi) is 6.89. The van der Waals surface area contributed by atoms with Crippen molar-refractivity contribution in [1.29, 1.82) is 0 Å². The molecule has 0 radical (unpaired) electrons. The van der Waals surface area contributed by atoms with Gasteiger partial charge in [0.05, 0.1) is 6.21 Å². The fourth-order valence-corrected chi connectivity index (χ4v) is 2.51. The number of benzene rings is 2. The summed E-state index contributed by atoms with van der Waals surface area (Å²) in [4.78, 5) is 23.7. The van der Waals surface area contributed by atoms with Crippen LogP contribution in [0.5, 0.6) is 0 Å². The molecular weight excluding hydrogens is 382 g/mol. The molecule has 0 bridgehead atoms. The monoisotopic (exact) mass is 401 g/mol. The average Bonchev–Trinajstić information content (AvgIpc) is 2.56. The van der Waals surface area contributed by atoms with Gasteiger partial charge in [-0.25, -0.2) is 5.43 Å². The molecule has 2 aromatic carbocycles. The molecule has 2 aromatic rings. The molecule has 0 unspecified atom stereocenters. The number of anilines is 1. The van der Waals surface area contributed by atoms with Gasteiger partial charge in [0.1, 0.15) is 0 Å². The third-order valence-electron chi connectivity index (χ3n) is 3.62. The summed E-state index contributed by atoms with van der Waals surface area (Å²) >= 11 is 3.37. The molecule has 130 valence electrons. The van der Waals surface area contributed by atoms with Gasteiger partial charge in [0.15, 0.2) is 0 Å². The van der Waals surface area contributed by atoms with Crippen LogP contribution in [0.1, 0.15) is 29.5 Å². The minimum atomic E-state index is -0.304. The van der Waals surface area contributed by atoms with Gasteiger partial charge in [-0.15, -0.1) is 0 Å². The second-order valence-electron chi connectivity index (χ2n) is 5.70. The highest BCUT2D eigenvalue weighted by molar-refractivity contribution is 9.10. The van der Waals surface area contributed by atoms with Crippen molar-refractivity contribution in [2.24, 2.45) is 5.10 Å². The van der Waals surface area contributed by atoms with Crippen LogP contribution in [-0.4, -0.2) is 18.0 Å². The molecule has 0 saturated carbocycles. The molecule has 2 amide bonds. The first-order chi connectivity index (χ1) is 11.9. The average molecular weight is 402 g/mol. The van der Waals surface area contributed by atoms with E-state index in [-0.39, 0.29) is 24.7 Å². The summed E-state index contributed by atoms with van der Waals surface area (Å²) in [5.74, 6) is -0.504. The number of amides is 2. The summed E-state index contributed by atoms with van der Waals surface area (Å²) in [6, 6.07) is 13.3. The van der Waals surface area contributed by atoms with E-state index in [1.807, 2.05) is 56.3 Å². The van der Waals surface area contributed by atoms with Crippen LogP contribution in [0.15, 0.2) is 52.0 Å². The van der Waals surface area contributed by atoms with E-state index in [0.29, 0.717) is 0 Å². The summed E-state index contributed by atoms with van der Waals surface area (Å²) in [6.07, 6.45) is 1.73. The van der Waals surface area contributed by atoms with E-state index in [1.54, 1.807) is 6.21 Å². The Morgan fingerprint density at radius 3 is 2.52 bits per heavy atom. The molecule has 0 atom stereocenters. The minimum absolute atomic E-state index is 0.0759. The lowest BCUT2D eigenvalue weighted by Crippen LogP contribution is -2.20. The van der Waals surface area contributed by atoms with Crippen molar-refractivity contribution in [1.82, 2.24) is 5.43 Å². The van der Waals surface area contributed by atoms with E-state index in [4.69, 9.17) is 0 Å². The van der Waals surface area contributed by atoms with Crippen molar-refractivity contribution in [3.05, 3.63) is 63.6 Å². The second-order valence-corrected chi connectivity index (χ2v) is 6.61. The van der Waals surface area contributed by atoms with E-state index in [9.17, 15) is 9.59 Å². The Bertz CT molecular complexity index is 803. The van der Waals surface area contributed by atoms with Crippen molar-refractivity contribution >= 4 is 39.6 Å². The van der Waals surface area contributed by atoms with Crippen LogP contribution in [0, 0.1) is 13.8 Å². The maximum absolute atomic E-state index is 11.9. The number of rotatable bonds is 6. The number of carbonyl (C=O) groups excluding carboxylic acids is 2. The van der Waals surface area contributed by atoms with E-state index < -0.39 is 0 Å². The molecule has 0 saturated heterocycles. The van der Waals surface area contributed by atoms with Gasteiger partial charge < -0.3 is 5.32 Å². The quantitative estimate of drug-likeness (QED) is 0.568. The first kappa shape index (κ1) is 18.9. The zero-order chi connectivity index (χ0) is 18.2. The maximum atomic E-state index is 11.9. The smallest absolute Gasteiger partial charge is 0.240 e. The predicted octanol–water partition coefficient (Wildman–Crippen LogP) is 3.93. The number of halogens is 1. The maximum Gasteiger partial charge on any atom is 0.240 e. The molecule has 0 aromatic heterocycles. The lowest BCUT2D eigenvalue weighted by Gasteiger charge is -2.07. The molecular formula is C19H20BrN3O2. The molecule has 0 aliphatic heterocycles. The zero-order valence-electron chi connectivity index (χ0n) is 14.2. The minimum Gasteiger partial charge on any atom is -0.326 e. The van der Waals surface area contributed by atoms with Gasteiger partial charge in [0.25, 0.3) is 0 Å².